The number of hydrogen-bond donors (Lipinski definition) is 0. The first-order valence-corrected chi connectivity index (χ1v) is 20.2. The van der Waals surface area contributed by atoms with Crippen LogP contribution in [-0.2, 0) is 0 Å². The molecule has 0 unspecified atom stereocenters. The standard InChI is InChI=1S/C56H36N2O/c1-2-15-45-37(12-1)24-25-39-28-32-44(36-51(39)45)57(43-14-11-13-40(34-43)41-29-33-50-49-19-6-10-23-55(49)59-56(50)35-41)42-30-26-38(27-31-42)46-16-3-7-20-52(46)58-53-21-8-4-17-47(53)48-18-5-9-22-54(48)58/h1-36H. The second-order valence-electron chi connectivity index (χ2n) is 15.3. The van der Waals surface area contributed by atoms with Gasteiger partial charge < -0.3 is 13.9 Å². The molecule has 0 spiro atoms. The lowest BCUT2D eigenvalue weighted by atomic mass is 9.99. The molecule has 0 aliphatic rings. The van der Waals surface area contributed by atoms with Gasteiger partial charge in [-0.05, 0) is 111 Å². The van der Waals surface area contributed by atoms with Gasteiger partial charge in [0, 0.05) is 44.2 Å². The highest BCUT2D eigenvalue weighted by Crippen LogP contribution is 2.42. The quantitative estimate of drug-likeness (QED) is 0.158. The van der Waals surface area contributed by atoms with E-state index in [2.05, 4.69) is 216 Å². The molecule has 59 heavy (non-hydrogen) atoms. The molecular weight excluding hydrogens is 717 g/mol. The van der Waals surface area contributed by atoms with Crippen molar-refractivity contribution in [1.82, 2.24) is 4.57 Å². The van der Waals surface area contributed by atoms with E-state index in [1.54, 1.807) is 0 Å². The molecule has 2 heterocycles. The van der Waals surface area contributed by atoms with Crippen LogP contribution in [0, 0.1) is 0 Å². The van der Waals surface area contributed by atoms with Gasteiger partial charge >= 0.3 is 0 Å². The minimum Gasteiger partial charge on any atom is -0.456 e. The summed E-state index contributed by atoms with van der Waals surface area (Å²) in [4.78, 5) is 2.38. The minimum atomic E-state index is 0.893. The average Bonchev–Trinajstić information content (AvgIpc) is 3.85. The van der Waals surface area contributed by atoms with Crippen LogP contribution in [0.2, 0.25) is 0 Å². The summed E-state index contributed by atoms with van der Waals surface area (Å²) in [5.41, 5.74) is 13.2. The number of para-hydroxylation sites is 4. The molecule has 276 valence electrons. The van der Waals surface area contributed by atoms with Gasteiger partial charge in [-0.2, -0.15) is 0 Å². The zero-order chi connectivity index (χ0) is 38.9. The highest BCUT2D eigenvalue weighted by atomic mass is 16.3. The van der Waals surface area contributed by atoms with Crippen LogP contribution in [0.25, 0.3) is 93.2 Å². The van der Waals surface area contributed by atoms with Crippen molar-refractivity contribution in [2.45, 2.75) is 0 Å². The molecule has 0 aliphatic carbocycles. The Hall–Kier alpha value is -7.88. The Morgan fingerprint density at radius 2 is 0.898 bits per heavy atom. The van der Waals surface area contributed by atoms with E-state index >= 15 is 0 Å². The molecule has 12 rings (SSSR count). The van der Waals surface area contributed by atoms with Crippen molar-refractivity contribution in [3.05, 3.63) is 218 Å². The van der Waals surface area contributed by atoms with Crippen molar-refractivity contribution in [2.24, 2.45) is 0 Å². The number of fused-ring (bicyclic) bond motifs is 9. The molecule has 0 N–H and O–H groups in total. The number of anilines is 3. The van der Waals surface area contributed by atoms with Crippen LogP contribution in [-0.4, -0.2) is 4.57 Å². The maximum absolute atomic E-state index is 6.32. The summed E-state index contributed by atoms with van der Waals surface area (Å²) in [5, 5.41) is 9.71. The highest BCUT2D eigenvalue weighted by molar-refractivity contribution is 6.11. The van der Waals surface area contributed by atoms with Crippen molar-refractivity contribution >= 4 is 82.4 Å². The molecule has 3 heteroatoms. The molecule has 0 aliphatic heterocycles. The van der Waals surface area contributed by atoms with Gasteiger partial charge in [-0.15, -0.1) is 0 Å². The van der Waals surface area contributed by atoms with Gasteiger partial charge in [-0.1, -0.05) is 146 Å². The molecule has 0 amide bonds. The Labute approximate surface area is 341 Å². The van der Waals surface area contributed by atoms with Gasteiger partial charge in [-0.3, -0.25) is 0 Å². The van der Waals surface area contributed by atoms with Gasteiger partial charge in [-0.25, -0.2) is 0 Å². The Bertz CT molecular complexity index is 3520. The van der Waals surface area contributed by atoms with Crippen LogP contribution in [0.15, 0.2) is 223 Å². The van der Waals surface area contributed by atoms with Crippen LogP contribution < -0.4 is 4.90 Å². The molecule has 0 radical (unpaired) electrons. The summed E-state index contributed by atoms with van der Waals surface area (Å²) in [6.45, 7) is 0. The average molecular weight is 753 g/mol. The number of aromatic nitrogens is 1. The smallest absolute Gasteiger partial charge is 0.136 e. The third-order valence-corrected chi connectivity index (χ3v) is 12.0. The Balaban J connectivity index is 1.00. The summed E-state index contributed by atoms with van der Waals surface area (Å²) < 4.78 is 8.73. The molecule has 0 atom stereocenters. The van der Waals surface area contributed by atoms with E-state index in [4.69, 9.17) is 4.42 Å². The van der Waals surface area contributed by atoms with E-state index in [9.17, 15) is 0 Å². The van der Waals surface area contributed by atoms with Crippen molar-refractivity contribution in [2.75, 3.05) is 4.90 Å². The van der Waals surface area contributed by atoms with Crippen LogP contribution in [0.5, 0.6) is 0 Å². The van der Waals surface area contributed by atoms with E-state index in [-0.39, 0.29) is 0 Å². The zero-order valence-corrected chi connectivity index (χ0v) is 32.1. The summed E-state index contributed by atoms with van der Waals surface area (Å²) >= 11 is 0. The molecule has 0 saturated heterocycles. The summed E-state index contributed by atoms with van der Waals surface area (Å²) in [6.07, 6.45) is 0. The monoisotopic (exact) mass is 752 g/mol. The second kappa shape index (κ2) is 13.4. The van der Waals surface area contributed by atoms with Crippen molar-refractivity contribution in [3.8, 4) is 27.9 Å². The lowest BCUT2D eigenvalue weighted by Gasteiger charge is -2.27. The largest absolute Gasteiger partial charge is 0.456 e. The number of furan rings is 1. The fraction of sp³-hybridized carbons (Fsp3) is 0. The third kappa shape index (κ3) is 5.44. The number of benzene rings is 10. The van der Waals surface area contributed by atoms with Gasteiger partial charge in [0.05, 0.1) is 16.7 Å². The molecule has 3 nitrogen and oxygen atoms in total. The maximum atomic E-state index is 6.32. The van der Waals surface area contributed by atoms with Gasteiger partial charge in [0.15, 0.2) is 0 Å². The first kappa shape index (κ1) is 33.3. The lowest BCUT2D eigenvalue weighted by molar-refractivity contribution is 0.669. The SMILES string of the molecule is c1cc(-c2ccc3c(c2)oc2ccccc23)cc(N(c2ccc(-c3ccccc3-n3c4ccccc4c4ccccc43)cc2)c2ccc3ccc4ccccc4c3c2)c1. The molecule has 12 aromatic rings. The summed E-state index contributed by atoms with van der Waals surface area (Å²) in [5.74, 6) is 0. The zero-order valence-electron chi connectivity index (χ0n) is 32.1. The second-order valence-corrected chi connectivity index (χ2v) is 15.3. The molecule has 0 bridgehead atoms. The van der Waals surface area contributed by atoms with Crippen molar-refractivity contribution in [3.63, 3.8) is 0 Å². The molecule has 2 aromatic heterocycles. The van der Waals surface area contributed by atoms with Crippen LogP contribution in [0.3, 0.4) is 0 Å². The van der Waals surface area contributed by atoms with Crippen LogP contribution in [0.4, 0.5) is 17.1 Å². The Kier molecular flexibility index (Phi) is 7.54. The predicted molar refractivity (Wildman–Crippen MR) is 249 cm³/mol. The summed E-state index contributed by atoms with van der Waals surface area (Å²) in [6, 6.07) is 78.8. The summed E-state index contributed by atoms with van der Waals surface area (Å²) in [7, 11) is 0. The molecule has 0 saturated carbocycles. The lowest BCUT2D eigenvalue weighted by Crippen LogP contribution is -2.10. The normalized spacial score (nSPS) is 11.7. The van der Waals surface area contributed by atoms with Gasteiger partial charge in [0.1, 0.15) is 11.2 Å². The van der Waals surface area contributed by atoms with Crippen LogP contribution in [0.1, 0.15) is 0 Å². The molecule has 0 fully saturated rings. The van der Waals surface area contributed by atoms with Crippen molar-refractivity contribution in [1.29, 1.82) is 0 Å². The minimum absolute atomic E-state index is 0.893. The highest BCUT2D eigenvalue weighted by Gasteiger charge is 2.18. The number of hydrogen-bond acceptors (Lipinski definition) is 2. The first-order valence-electron chi connectivity index (χ1n) is 20.2. The maximum Gasteiger partial charge on any atom is 0.136 e. The van der Waals surface area contributed by atoms with E-state index < -0.39 is 0 Å². The Morgan fingerprint density at radius 3 is 1.71 bits per heavy atom. The van der Waals surface area contributed by atoms with Crippen LogP contribution >= 0.6 is 0 Å². The van der Waals surface area contributed by atoms with E-state index in [0.717, 1.165) is 61.4 Å². The number of rotatable bonds is 6. The fourth-order valence-corrected chi connectivity index (χ4v) is 9.19. The van der Waals surface area contributed by atoms with E-state index in [0.29, 0.717) is 0 Å². The molecular formula is C56H36N2O. The first-order chi connectivity index (χ1) is 29.2. The van der Waals surface area contributed by atoms with E-state index in [1.807, 2.05) is 12.1 Å². The number of nitrogens with zero attached hydrogens (tertiary/aromatic N) is 2. The van der Waals surface area contributed by atoms with Crippen molar-refractivity contribution < 1.29 is 4.42 Å². The van der Waals surface area contributed by atoms with E-state index in [1.165, 1.54) is 48.9 Å². The fourth-order valence-electron chi connectivity index (χ4n) is 9.19. The van der Waals surface area contributed by atoms with Gasteiger partial charge in [0.2, 0.25) is 0 Å². The molecule has 10 aromatic carbocycles. The topological polar surface area (TPSA) is 21.3 Å². The predicted octanol–water partition coefficient (Wildman–Crippen LogP) is 15.8. The van der Waals surface area contributed by atoms with Gasteiger partial charge in [0.25, 0.3) is 0 Å². The third-order valence-electron chi connectivity index (χ3n) is 12.0. The Morgan fingerprint density at radius 1 is 0.322 bits per heavy atom.